The lowest BCUT2D eigenvalue weighted by atomic mass is 9.84. The molecule has 2 aliphatic rings. The summed E-state index contributed by atoms with van der Waals surface area (Å²) in [5, 5.41) is 1.99. The molecule has 114 valence electrons. The van der Waals surface area contributed by atoms with Crippen molar-refractivity contribution >= 4 is 17.2 Å². The highest BCUT2D eigenvalue weighted by molar-refractivity contribution is 7.12. The summed E-state index contributed by atoms with van der Waals surface area (Å²) < 4.78 is 0. The number of amides is 1. The molecule has 1 aromatic heterocycles. The van der Waals surface area contributed by atoms with Crippen LogP contribution in [0.4, 0.5) is 0 Å². The van der Waals surface area contributed by atoms with Gasteiger partial charge in [-0.15, -0.1) is 11.3 Å². The minimum atomic E-state index is 0.254. The highest BCUT2D eigenvalue weighted by Crippen LogP contribution is 2.43. The molecule has 22 heavy (non-hydrogen) atoms. The molecule has 2 bridgehead atoms. The van der Waals surface area contributed by atoms with Crippen molar-refractivity contribution in [3.05, 3.63) is 57.8 Å². The number of carbonyl (C=O) groups excluding carboxylic acids is 1. The van der Waals surface area contributed by atoms with Gasteiger partial charge in [-0.05, 0) is 55.5 Å². The maximum atomic E-state index is 12.7. The van der Waals surface area contributed by atoms with Gasteiger partial charge in [0, 0.05) is 12.1 Å². The van der Waals surface area contributed by atoms with Crippen LogP contribution >= 0.6 is 11.3 Å². The lowest BCUT2D eigenvalue weighted by Gasteiger charge is -2.39. The van der Waals surface area contributed by atoms with E-state index in [4.69, 9.17) is 0 Å². The van der Waals surface area contributed by atoms with E-state index in [1.165, 1.54) is 24.0 Å². The average Bonchev–Trinajstić information content (AvgIpc) is 3.14. The number of hydrogen-bond acceptors (Lipinski definition) is 2. The van der Waals surface area contributed by atoms with Gasteiger partial charge in [0.25, 0.3) is 5.91 Å². The standard InChI is InChI=1S/C19H21NOS/c1-13-4-6-14(7-5-13)15-11-16-8-9-17(12-15)20(16)19(21)18-3-2-10-22-18/h2-7,10,15-17H,8-9,11-12H2,1H3/t15?,16-,17+. The Balaban J connectivity index is 1.54. The van der Waals surface area contributed by atoms with E-state index in [2.05, 4.69) is 36.1 Å². The normalized spacial score (nSPS) is 27.1. The second-order valence-corrected chi connectivity index (χ2v) is 7.60. The highest BCUT2D eigenvalue weighted by Gasteiger charge is 2.43. The smallest absolute Gasteiger partial charge is 0.264 e. The topological polar surface area (TPSA) is 20.3 Å². The molecule has 3 atom stereocenters. The Hall–Kier alpha value is -1.61. The van der Waals surface area contributed by atoms with Crippen molar-refractivity contribution in [1.29, 1.82) is 0 Å². The molecule has 0 aliphatic carbocycles. The van der Waals surface area contributed by atoms with Gasteiger partial charge in [0.2, 0.25) is 0 Å². The Morgan fingerprint density at radius 1 is 1.09 bits per heavy atom. The number of hydrogen-bond donors (Lipinski definition) is 0. The Morgan fingerprint density at radius 2 is 1.77 bits per heavy atom. The second kappa shape index (κ2) is 5.54. The van der Waals surface area contributed by atoms with Gasteiger partial charge in [-0.3, -0.25) is 4.79 Å². The number of piperidine rings is 1. The monoisotopic (exact) mass is 311 g/mol. The Bertz CT molecular complexity index is 647. The van der Waals surface area contributed by atoms with Crippen LogP contribution in [0.2, 0.25) is 0 Å². The van der Waals surface area contributed by atoms with Crippen LogP contribution in [-0.4, -0.2) is 22.9 Å². The van der Waals surface area contributed by atoms with E-state index in [-0.39, 0.29) is 5.91 Å². The van der Waals surface area contributed by atoms with E-state index in [9.17, 15) is 4.79 Å². The predicted octanol–water partition coefficient (Wildman–Crippen LogP) is 4.61. The van der Waals surface area contributed by atoms with E-state index >= 15 is 0 Å². The lowest BCUT2D eigenvalue weighted by molar-refractivity contribution is 0.0576. The molecule has 0 saturated carbocycles. The van der Waals surface area contributed by atoms with Crippen LogP contribution in [0, 0.1) is 6.92 Å². The summed E-state index contributed by atoms with van der Waals surface area (Å²) in [5.41, 5.74) is 2.77. The number of carbonyl (C=O) groups is 1. The molecule has 3 heterocycles. The van der Waals surface area contributed by atoms with Crippen molar-refractivity contribution < 1.29 is 4.79 Å². The molecule has 0 radical (unpaired) electrons. The van der Waals surface area contributed by atoms with E-state index in [1.54, 1.807) is 11.3 Å². The van der Waals surface area contributed by atoms with Crippen molar-refractivity contribution in [3.8, 4) is 0 Å². The third-order valence-electron chi connectivity index (χ3n) is 5.25. The molecule has 2 aliphatic heterocycles. The zero-order chi connectivity index (χ0) is 15.1. The SMILES string of the molecule is Cc1ccc(C2C[C@H]3CC[C@@H](C2)N3C(=O)c2cccs2)cc1. The summed E-state index contributed by atoms with van der Waals surface area (Å²) in [6.45, 7) is 2.13. The number of fused-ring (bicyclic) bond motifs is 2. The van der Waals surface area contributed by atoms with Crippen LogP contribution in [0.15, 0.2) is 41.8 Å². The van der Waals surface area contributed by atoms with Crippen LogP contribution < -0.4 is 0 Å². The average molecular weight is 311 g/mol. The second-order valence-electron chi connectivity index (χ2n) is 6.65. The molecule has 2 fully saturated rings. The Kier molecular flexibility index (Phi) is 3.53. The van der Waals surface area contributed by atoms with Gasteiger partial charge < -0.3 is 4.90 Å². The summed E-state index contributed by atoms with van der Waals surface area (Å²) in [5.74, 6) is 0.871. The van der Waals surface area contributed by atoms with Gasteiger partial charge in [0.15, 0.2) is 0 Å². The van der Waals surface area contributed by atoms with Crippen LogP contribution in [-0.2, 0) is 0 Å². The maximum Gasteiger partial charge on any atom is 0.264 e. The zero-order valence-electron chi connectivity index (χ0n) is 12.9. The zero-order valence-corrected chi connectivity index (χ0v) is 13.7. The summed E-state index contributed by atoms with van der Waals surface area (Å²) in [6, 6.07) is 13.8. The molecule has 0 N–H and O–H groups in total. The first-order valence-electron chi connectivity index (χ1n) is 8.15. The molecule has 3 heteroatoms. The summed E-state index contributed by atoms with van der Waals surface area (Å²) >= 11 is 1.56. The molecule has 2 saturated heterocycles. The number of nitrogens with zero attached hydrogens (tertiary/aromatic N) is 1. The molecule has 0 spiro atoms. The minimum Gasteiger partial charge on any atom is -0.332 e. The maximum absolute atomic E-state index is 12.7. The predicted molar refractivity (Wildman–Crippen MR) is 90.5 cm³/mol. The molecule has 4 rings (SSSR count). The third-order valence-corrected chi connectivity index (χ3v) is 6.11. The molecular formula is C19H21NOS. The van der Waals surface area contributed by atoms with E-state index < -0.39 is 0 Å². The fraction of sp³-hybridized carbons (Fsp3) is 0.421. The molecular weight excluding hydrogens is 290 g/mol. The van der Waals surface area contributed by atoms with Crippen LogP contribution in [0.25, 0.3) is 0 Å². The highest BCUT2D eigenvalue weighted by atomic mass is 32.1. The summed E-state index contributed by atoms with van der Waals surface area (Å²) in [7, 11) is 0. The van der Waals surface area contributed by atoms with Gasteiger partial charge in [-0.25, -0.2) is 0 Å². The summed E-state index contributed by atoms with van der Waals surface area (Å²) in [6.07, 6.45) is 4.58. The first kappa shape index (κ1) is 14.0. The van der Waals surface area contributed by atoms with Crippen molar-refractivity contribution in [2.24, 2.45) is 0 Å². The fourth-order valence-electron chi connectivity index (χ4n) is 4.15. The van der Waals surface area contributed by atoms with Gasteiger partial charge >= 0.3 is 0 Å². The van der Waals surface area contributed by atoms with E-state index in [0.717, 1.165) is 17.7 Å². The van der Waals surface area contributed by atoms with Crippen molar-refractivity contribution in [2.75, 3.05) is 0 Å². The van der Waals surface area contributed by atoms with E-state index in [0.29, 0.717) is 18.0 Å². The summed E-state index contributed by atoms with van der Waals surface area (Å²) in [4.78, 5) is 15.8. The van der Waals surface area contributed by atoms with Gasteiger partial charge in [0.05, 0.1) is 4.88 Å². The molecule has 1 unspecified atom stereocenters. The Labute approximate surface area is 135 Å². The van der Waals surface area contributed by atoms with Crippen LogP contribution in [0.3, 0.4) is 0 Å². The van der Waals surface area contributed by atoms with Crippen molar-refractivity contribution in [3.63, 3.8) is 0 Å². The molecule has 1 aromatic carbocycles. The largest absolute Gasteiger partial charge is 0.332 e. The van der Waals surface area contributed by atoms with Crippen LogP contribution in [0.1, 0.15) is 52.4 Å². The van der Waals surface area contributed by atoms with Crippen LogP contribution in [0.5, 0.6) is 0 Å². The fourth-order valence-corrected chi connectivity index (χ4v) is 4.81. The quantitative estimate of drug-likeness (QED) is 0.793. The molecule has 2 aromatic rings. The Morgan fingerprint density at radius 3 is 2.36 bits per heavy atom. The lowest BCUT2D eigenvalue weighted by Crippen LogP contribution is -2.45. The first-order valence-corrected chi connectivity index (χ1v) is 9.03. The first-order chi connectivity index (χ1) is 10.7. The number of aryl methyl sites for hydroxylation is 1. The third kappa shape index (κ3) is 2.38. The van der Waals surface area contributed by atoms with Crippen molar-refractivity contribution in [1.82, 2.24) is 4.90 Å². The number of rotatable bonds is 2. The van der Waals surface area contributed by atoms with Gasteiger partial charge in [-0.2, -0.15) is 0 Å². The minimum absolute atomic E-state index is 0.254. The van der Waals surface area contributed by atoms with E-state index in [1.807, 2.05) is 17.5 Å². The van der Waals surface area contributed by atoms with Crippen molar-refractivity contribution in [2.45, 2.75) is 50.6 Å². The van der Waals surface area contributed by atoms with Gasteiger partial charge in [-0.1, -0.05) is 35.9 Å². The number of thiophene rings is 1. The van der Waals surface area contributed by atoms with Gasteiger partial charge in [0.1, 0.15) is 0 Å². The molecule has 1 amide bonds. The molecule has 2 nitrogen and oxygen atoms in total. The number of benzene rings is 1.